The zero-order chi connectivity index (χ0) is 7.78. The predicted molar refractivity (Wildman–Crippen MR) is 51.2 cm³/mol. The average molecular weight is 237 g/mol. The van der Waals surface area contributed by atoms with Crippen LogP contribution in [0.3, 0.4) is 0 Å². The van der Waals surface area contributed by atoms with Gasteiger partial charge in [-0.05, 0) is 26.8 Å². The molecule has 1 aliphatic heterocycles. The van der Waals surface area contributed by atoms with Gasteiger partial charge in [0.1, 0.15) is 4.32 Å². The van der Waals surface area contributed by atoms with E-state index in [4.69, 9.17) is 12.2 Å². The number of allylic oxidation sites excluding steroid dienone is 1. The summed E-state index contributed by atoms with van der Waals surface area (Å²) in [5.41, 5.74) is 1.16. The van der Waals surface area contributed by atoms with Crippen molar-refractivity contribution in [2.45, 2.75) is 25.5 Å². The molecule has 1 nitrogen and oxygen atoms in total. The van der Waals surface area contributed by atoms with Gasteiger partial charge in [-0.25, -0.2) is 0 Å². The maximum atomic E-state index is 5.04. The summed E-state index contributed by atoms with van der Waals surface area (Å²) in [5, 5.41) is 3.09. The summed E-state index contributed by atoms with van der Waals surface area (Å²) in [6.07, 6.45) is 2.19. The van der Waals surface area contributed by atoms with Crippen LogP contribution in [0.4, 0.5) is 0 Å². The topological polar surface area (TPSA) is 12.0 Å². The van der Waals surface area contributed by atoms with E-state index in [9.17, 15) is 0 Å². The summed E-state index contributed by atoms with van der Waals surface area (Å²) >= 11 is 6.73. The van der Waals surface area contributed by atoms with Crippen molar-refractivity contribution in [1.82, 2.24) is 5.32 Å². The van der Waals surface area contributed by atoms with E-state index in [0.29, 0.717) is 0 Å². The fraction of sp³-hybridized carbons (Fsp3) is 0.571. The van der Waals surface area contributed by atoms with Crippen molar-refractivity contribution in [3.63, 3.8) is 0 Å². The number of nitrogens with one attached hydrogen (secondary N) is 1. The third kappa shape index (κ3) is 3.61. The van der Waals surface area contributed by atoms with E-state index in [-0.39, 0.29) is 21.8 Å². The van der Waals surface area contributed by atoms with Crippen LogP contribution in [0.2, 0.25) is 0 Å². The molecule has 0 amide bonds. The van der Waals surface area contributed by atoms with Gasteiger partial charge >= 0.3 is 0 Å². The molecular weight excluding hydrogens is 226 g/mol. The number of hydrogen-bond donors (Lipinski definition) is 1. The molecule has 0 fully saturated rings. The maximum absolute atomic E-state index is 5.04. The Balaban J connectivity index is 0.000001000. The minimum atomic E-state index is 0. The molecule has 0 aromatic heterocycles. The van der Waals surface area contributed by atoms with Gasteiger partial charge in [0.05, 0.1) is 0 Å². The van der Waals surface area contributed by atoms with Crippen molar-refractivity contribution in [3.05, 3.63) is 11.8 Å². The number of rotatable bonds is 0. The summed E-state index contributed by atoms with van der Waals surface area (Å²) in [6, 6.07) is 0. The summed E-state index contributed by atoms with van der Waals surface area (Å²) in [4.78, 5) is 0. The Morgan fingerprint density at radius 1 is 1.55 bits per heavy atom. The third-order valence-corrected chi connectivity index (χ3v) is 2.50. The van der Waals surface area contributed by atoms with Gasteiger partial charge in [0.25, 0.3) is 0 Å². The van der Waals surface area contributed by atoms with Crippen molar-refractivity contribution < 1.29 is 17.1 Å². The monoisotopic (exact) mass is 236 g/mol. The van der Waals surface area contributed by atoms with Crippen LogP contribution in [-0.4, -0.2) is 9.07 Å². The molecule has 0 bridgehead atoms. The fourth-order valence-electron chi connectivity index (χ4n) is 1.01. The fourth-order valence-corrected chi connectivity index (χ4v) is 2.74. The standard InChI is InChI=1S/C7H11NS2.Cu/c1-5-4-7(2,3)10-6(9)8-5;/h4H,1-3H3,(H,8,9);. The Bertz CT molecular complexity index is 199. The molecule has 0 atom stereocenters. The molecule has 0 aromatic carbocycles. The molecule has 67 valence electrons. The largest absolute Gasteiger partial charge is 0.345 e. The number of thioether (sulfide) groups is 1. The van der Waals surface area contributed by atoms with E-state index in [0.717, 1.165) is 10.0 Å². The van der Waals surface area contributed by atoms with Gasteiger partial charge in [-0.2, -0.15) is 0 Å². The summed E-state index contributed by atoms with van der Waals surface area (Å²) < 4.78 is 1.05. The van der Waals surface area contributed by atoms with Crippen molar-refractivity contribution in [2.75, 3.05) is 0 Å². The first kappa shape index (κ1) is 11.5. The molecule has 0 saturated heterocycles. The van der Waals surface area contributed by atoms with Crippen LogP contribution in [0.25, 0.3) is 0 Å². The van der Waals surface area contributed by atoms with E-state index in [1.807, 2.05) is 6.92 Å². The molecule has 0 unspecified atom stereocenters. The molecule has 1 rings (SSSR count). The van der Waals surface area contributed by atoms with Crippen LogP contribution in [0.15, 0.2) is 11.8 Å². The second-order valence-corrected chi connectivity index (χ2v) is 5.28. The predicted octanol–water partition coefficient (Wildman–Crippen LogP) is 2.29. The van der Waals surface area contributed by atoms with Gasteiger partial charge in [-0.3, -0.25) is 0 Å². The molecule has 4 heteroatoms. The Hall–Kier alpha value is 0.499. The summed E-state index contributed by atoms with van der Waals surface area (Å²) in [6.45, 7) is 6.36. The van der Waals surface area contributed by atoms with Gasteiger partial charge in [0.2, 0.25) is 0 Å². The minimum absolute atomic E-state index is 0. The van der Waals surface area contributed by atoms with Crippen LogP contribution >= 0.6 is 24.0 Å². The van der Waals surface area contributed by atoms with Crippen LogP contribution in [0, 0.1) is 0 Å². The van der Waals surface area contributed by atoms with Crippen molar-refractivity contribution in [1.29, 1.82) is 0 Å². The van der Waals surface area contributed by atoms with E-state index in [2.05, 4.69) is 25.2 Å². The molecule has 11 heavy (non-hydrogen) atoms. The van der Waals surface area contributed by atoms with Crippen LogP contribution in [-0.2, 0) is 17.1 Å². The molecule has 0 aromatic rings. The Labute approximate surface area is 87.9 Å². The van der Waals surface area contributed by atoms with Gasteiger partial charge in [-0.15, -0.1) is 0 Å². The molecular formula is C7H11CuNS2. The zero-order valence-electron chi connectivity index (χ0n) is 6.70. The SMILES string of the molecule is CC1=CC(C)(C)SC(=S)N1.[Cu]. The Morgan fingerprint density at radius 3 is 2.45 bits per heavy atom. The third-order valence-electron chi connectivity index (χ3n) is 1.22. The molecule has 0 spiro atoms. The molecule has 1 radical (unpaired) electrons. The first-order valence-corrected chi connectivity index (χ1v) is 4.41. The molecule has 1 heterocycles. The van der Waals surface area contributed by atoms with Gasteiger partial charge < -0.3 is 5.32 Å². The second kappa shape index (κ2) is 3.94. The summed E-state index contributed by atoms with van der Waals surface area (Å²) in [7, 11) is 0. The Morgan fingerprint density at radius 2 is 2.09 bits per heavy atom. The van der Waals surface area contributed by atoms with Crippen molar-refractivity contribution in [3.8, 4) is 0 Å². The number of thiocarbonyl (C=S) groups is 1. The van der Waals surface area contributed by atoms with Crippen LogP contribution < -0.4 is 5.32 Å². The minimum Gasteiger partial charge on any atom is -0.345 e. The molecule has 0 saturated carbocycles. The number of hydrogen-bond acceptors (Lipinski definition) is 2. The second-order valence-electron chi connectivity index (χ2n) is 2.95. The quantitative estimate of drug-likeness (QED) is 0.512. The van der Waals surface area contributed by atoms with E-state index in [1.54, 1.807) is 11.8 Å². The van der Waals surface area contributed by atoms with Crippen LogP contribution in [0.1, 0.15) is 20.8 Å². The molecule has 0 aliphatic carbocycles. The first-order valence-electron chi connectivity index (χ1n) is 3.19. The normalized spacial score (nSPS) is 21.4. The first-order chi connectivity index (χ1) is 4.49. The molecule has 1 N–H and O–H groups in total. The van der Waals surface area contributed by atoms with Crippen molar-refractivity contribution >= 4 is 28.3 Å². The average Bonchev–Trinajstić information content (AvgIpc) is 1.54. The van der Waals surface area contributed by atoms with E-state index in [1.165, 1.54) is 0 Å². The maximum Gasteiger partial charge on any atom is 0.138 e. The Kier molecular flexibility index (Phi) is 4.12. The van der Waals surface area contributed by atoms with Gasteiger partial charge in [0.15, 0.2) is 0 Å². The zero-order valence-corrected chi connectivity index (χ0v) is 9.27. The molecule has 1 aliphatic rings. The van der Waals surface area contributed by atoms with E-state index < -0.39 is 0 Å². The van der Waals surface area contributed by atoms with Gasteiger partial charge in [-0.1, -0.05) is 24.0 Å². The van der Waals surface area contributed by atoms with Gasteiger partial charge in [0, 0.05) is 27.5 Å². The smallest absolute Gasteiger partial charge is 0.138 e. The van der Waals surface area contributed by atoms with E-state index >= 15 is 0 Å². The van der Waals surface area contributed by atoms with Crippen LogP contribution in [0.5, 0.6) is 0 Å². The van der Waals surface area contributed by atoms with Crippen molar-refractivity contribution in [2.24, 2.45) is 0 Å². The summed E-state index contributed by atoms with van der Waals surface area (Å²) in [5.74, 6) is 0.